The van der Waals surface area contributed by atoms with E-state index in [1.54, 1.807) is 6.92 Å². The maximum atomic E-state index is 12.7. The van der Waals surface area contributed by atoms with Gasteiger partial charge in [-0.05, 0) is 42.8 Å². The fraction of sp³-hybridized carbons (Fsp3) is 0.188. The monoisotopic (exact) mass is 387 g/mol. The van der Waals surface area contributed by atoms with Gasteiger partial charge in [-0.1, -0.05) is 18.2 Å². The molecule has 1 unspecified atom stereocenters. The molecule has 10 heteroatoms. The highest BCUT2D eigenvalue weighted by Gasteiger charge is 2.30. The summed E-state index contributed by atoms with van der Waals surface area (Å²) < 4.78 is 60.4. The Morgan fingerprint density at radius 1 is 1.12 bits per heavy atom. The van der Waals surface area contributed by atoms with Gasteiger partial charge in [0.25, 0.3) is 0 Å². The van der Waals surface area contributed by atoms with Crippen molar-refractivity contribution >= 4 is 21.7 Å². The van der Waals surface area contributed by atoms with Gasteiger partial charge in [-0.25, -0.2) is 18.4 Å². The third kappa shape index (κ3) is 5.20. The Morgan fingerprint density at radius 2 is 1.73 bits per heavy atom. The Kier molecular flexibility index (Phi) is 5.57. The molecule has 0 aliphatic carbocycles. The van der Waals surface area contributed by atoms with Crippen LogP contribution in [-0.4, -0.2) is 14.4 Å². The summed E-state index contributed by atoms with van der Waals surface area (Å²) >= 11 is 0. The molecule has 2 amide bonds. The molecule has 0 radical (unpaired) electrons. The molecule has 26 heavy (non-hydrogen) atoms. The first-order valence-electron chi connectivity index (χ1n) is 7.34. The third-order valence-corrected chi connectivity index (χ3v) is 4.43. The Bertz CT molecular complexity index is 897. The second kappa shape index (κ2) is 7.34. The van der Waals surface area contributed by atoms with Crippen molar-refractivity contribution in [2.45, 2.75) is 24.0 Å². The van der Waals surface area contributed by atoms with Crippen molar-refractivity contribution < 1.29 is 26.4 Å². The number of benzene rings is 2. The number of hydrogen-bond donors (Lipinski definition) is 3. The molecule has 6 nitrogen and oxygen atoms in total. The van der Waals surface area contributed by atoms with Crippen LogP contribution >= 0.6 is 0 Å². The van der Waals surface area contributed by atoms with Gasteiger partial charge in [0.05, 0.1) is 16.5 Å². The third-order valence-electron chi connectivity index (χ3n) is 3.50. The number of amides is 2. The normalized spacial score (nSPS) is 13.1. The second-order valence-electron chi connectivity index (χ2n) is 5.51. The van der Waals surface area contributed by atoms with Crippen molar-refractivity contribution in [3.05, 3.63) is 59.7 Å². The summed E-state index contributed by atoms with van der Waals surface area (Å²) in [4.78, 5) is 11.9. The number of alkyl halides is 3. The number of nitrogens with two attached hydrogens (primary N) is 1. The molecule has 0 saturated carbocycles. The summed E-state index contributed by atoms with van der Waals surface area (Å²) in [7, 11) is -3.82. The molecule has 2 aromatic rings. The van der Waals surface area contributed by atoms with Gasteiger partial charge >= 0.3 is 12.2 Å². The highest BCUT2D eigenvalue weighted by atomic mass is 32.2. The summed E-state index contributed by atoms with van der Waals surface area (Å²) in [6.45, 7) is 1.64. The van der Waals surface area contributed by atoms with E-state index in [2.05, 4.69) is 10.6 Å². The molecular formula is C16H16F3N3O3S. The summed E-state index contributed by atoms with van der Waals surface area (Å²) in [6, 6.07) is 8.59. The molecular weight excluding hydrogens is 371 g/mol. The first-order valence-corrected chi connectivity index (χ1v) is 8.89. The first kappa shape index (κ1) is 19.7. The van der Waals surface area contributed by atoms with Gasteiger partial charge in [-0.15, -0.1) is 0 Å². The van der Waals surface area contributed by atoms with E-state index in [0.29, 0.717) is 5.56 Å². The fourth-order valence-corrected chi connectivity index (χ4v) is 2.68. The minimum atomic E-state index is -4.51. The molecule has 0 heterocycles. The lowest BCUT2D eigenvalue weighted by Crippen LogP contribution is -2.31. The van der Waals surface area contributed by atoms with Crippen LogP contribution in [-0.2, 0) is 16.2 Å². The van der Waals surface area contributed by atoms with Crippen molar-refractivity contribution in [3.8, 4) is 0 Å². The Labute approximate surface area is 148 Å². The SMILES string of the molecule is CC(NC(=O)Nc1cccc(C(F)(F)F)c1)c1ccc(S(N)(=O)=O)cc1. The molecule has 0 spiro atoms. The minimum absolute atomic E-state index is 0.00546. The number of sulfonamides is 1. The number of rotatable bonds is 4. The number of carbonyl (C=O) groups excluding carboxylic acids is 1. The largest absolute Gasteiger partial charge is 0.416 e. The van der Waals surface area contributed by atoms with E-state index >= 15 is 0 Å². The zero-order chi connectivity index (χ0) is 19.5. The lowest BCUT2D eigenvalue weighted by Gasteiger charge is -2.16. The van der Waals surface area contributed by atoms with Gasteiger partial charge in [0.2, 0.25) is 10.0 Å². The maximum Gasteiger partial charge on any atom is 0.416 e. The molecule has 0 aliphatic rings. The summed E-state index contributed by atoms with van der Waals surface area (Å²) in [5, 5.41) is 9.88. The molecule has 0 aliphatic heterocycles. The molecule has 1 atom stereocenters. The number of urea groups is 1. The zero-order valence-electron chi connectivity index (χ0n) is 13.5. The van der Waals surface area contributed by atoms with Gasteiger partial charge in [0.1, 0.15) is 0 Å². The van der Waals surface area contributed by atoms with Crippen LogP contribution in [0.15, 0.2) is 53.4 Å². The van der Waals surface area contributed by atoms with E-state index in [-0.39, 0.29) is 10.6 Å². The van der Waals surface area contributed by atoms with Crippen LogP contribution in [0.25, 0.3) is 0 Å². The lowest BCUT2D eigenvalue weighted by atomic mass is 10.1. The van der Waals surface area contributed by atoms with Gasteiger partial charge < -0.3 is 10.6 Å². The summed E-state index contributed by atoms with van der Waals surface area (Å²) in [6.07, 6.45) is -4.51. The molecule has 140 valence electrons. The molecule has 4 N–H and O–H groups in total. The molecule has 0 aromatic heterocycles. The Balaban J connectivity index is 2.03. The highest BCUT2D eigenvalue weighted by molar-refractivity contribution is 7.89. The van der Waals surface area contributed by atoms with Gasteiger partial charge in [-0.3, -0.25) is 0 Å². The average Bonchev–Trinajstić information content (AvgIpc) is 2.53. The van der Waals surface area contributed by atoms with Crippen LogP contribution in [0.3, 0.4) is 0 Å². The van der Waals surface area contributed by atoms with Gasteiger partial charge in [0, 0.05) is 5.69 Å². The first-order chi connectivity index (χ1) is 12.0. The predicted molar refractivity (Wildman–Crippen MR) is 89.8 cm³/mol. The van der Waals surface area contributed by atoms with Crippen molar-refractivity contribution in [2.24, 2.45) is 5.14 Å². The number of hydrogen-bond acceptors (Lipinski definition) is 3. The Morgan fingerprint density at radius 3 is 2.27 bits per heavy atom. The van der Waals surface area contributed by atoms with Crippen LogP contribution in [0.5, 0.6) is 0 Å². The van der Waals surface area contributed by atoms with E-state index in [1.165, 1.54) is 36.4 Å². The topological polar surface area (TPSA) is 101 Å². The lowest BCUT2D eigenvalue weighted by molar-refractivity contribution is -0.137. The van der Waals surface area contributed by atoms with Crippen molar-refractivity contribution in [2.75, 3.05) is 5.32 Å². The average molecular weight is 387 g/mol. The van der Waals surface area contributed by atoms with Crippen molar-refractivity contribution in [3.63, 3.8) is 0 Å². The molecule has 2 aromatic carbocycles. The number of halogens is 3. The Hall–Kier alpha value is -2.59. The van der Waals surface area contributed by atoms with E-state index in [1.807, 2.05) is 0 Å². The van der Waals surface area contributed by atoms with Crippen molar-refractivity contribution in [1.29, 1.82) is 0 Å². The van der Waals surface area contributed by atoms with E-state index < -0.39 is 33.8 Å². The standard InChI is InChI=1S/C16H16F3N3O3S/c1-10(11-5-7-14(8-6-11)26(20,24)25)21-15(23)22-13-4-2-3-12(9-13)16(17,18)19/h2-10H,1H3,(H2,20,24,25)(H2,21,22,23). The van der Waals surface area contributed by atoms with E-state index in [4.69, 9.17) is 5.14 Å². The van der Waals surface area contributed by atoms with Gasteiger partial charge in [-0.2, -0.15) is 13.2 Å². The summed E-state index contributed by atoms with van der Waals surface area (Å²) in [5.74, 6) is 0. The van der Waals surface area contributed by atoms with Crippen LogP contribution in [0.2, 0.25) is 0 Å². The summed E-state index contributed by atoms with van der Waals surface area (Å²) in [5.41, 5.74) is -0.285. The van der Waals surface area contributed by atoms with E-state index in [9.17, 15) is 26.4 Å². The molecule has 0 fully saturated rings. The van der Waals surface area contributed by atoms with Crippen LogP contribution in [0.4, 0.5) is 23.7 Å². The predicted octanol–water partition coefficient (Wildman–Crippen LogP) is 3.24. The second-order valence-corrected chi connectivity index (χ2v) is 7.07. The van der Waals surface area contributed by atoms with Crippen LogP contribution < -0.4 is 15.8 Å². The molecule has 2 rings (SSSR count). The van der Waals surface area contributed by atoms with Crippen LogP contribution in [0, 0.1) is 0 Å². The smallest absolute Gasteiger partial charge is 0.331 e. The van der Waals surface area contributed by atoms with Crippen LogP contribution in [0.1, 0.15) is 24.1 Å². The molecule has 0 saturated heterocycles. The fourth-order valence-electron chi connectivity index (χ4n) is 2.17. The van der Waals surface area contributed by atoms with Gasteiger partial charge in [0.15, 0.2) is 0 Å². The molecule has 0 bridgehead atoms. The van der Waals surface area contributed by atoms with E-state index in [0.717, 1.165) is 12.1 Å². The van der Waals surface area contributed by atoms with Crippen molar-refractivity contribution in [1.82, 2.24) is 5.32 Å². The minimum Gasteiger partial charge on any atom is -0.331 e. The highest BCUT2D eigenvalue weighted by Crippen LogP contribution is 2.30. The zero-order valence-corrected chi connectivity index (χ0v) is 14.4. The maximum absolute atomic E-state index is 12.7. The number of primary sulfonamides is 1. The number of nitrogens with one attached hydrogen (secondary N) is 2. The number of carbonyl (C=O) groups is 1. The quantitative estimate of drug-likeness (QED) is 0.751. The number of anilines is 1.